The number of benzene rings is 1. The van der Waals surface area contributed by atoms with E-state index in [9.17, 15) is 4.79 Å². The standard InChI is InChI=1S/C15H24N2O/c1-10-6-7-11(2)13(8-10)12(3)17-9-15(4,5)14(16)18/h6-8,12,17H,9H2,1-5H3,(H2,16,18). The van der Waals surface area contributed by atoms with E-state index in [4.69, 9.17) is 5.73 Å². The van der Waals surface area contributed by atoms with Crippen molar-refractivity contribution in [1.82, 2.24) is 5.32 Å². The van der Waals surface area contributed by atoms with Crippen molar-refractivity contribution in [2.45, 2.75) is 40.7 Å². The first-order valence-corrected chi connectivity index (χ1v) is 6.34. The number of carbonyl (C=O) groups is 1. The van der Waals surface area contributed by atoms with Crippen molar-refractivity contribution >= 4 is 5.91 Å². The van der Waals surface area contributed by atoms with Gasteiger partial charge in [-0.2, -0.15) is 0 Å². The predicted octanol–water partition coefficient (Wildman–Crippen LogP) is 2.47. The zero-order chi connectivity index (χ0) is 13.9. The largest absolute Gasteiger partial charge is 0.369 e. The van der Waals surface area contributed by atoms with Crippen molar-refractivity contribution < 1.29 is 4.79 Å². The fraction of sp³-hybridized carbons (Fsp3) is 0.533. The number of aryl methyl sites for hydroxylation is 2. The Balaban J connectivity index is 2.74. The SMILES string of the molecule is Cc1ccc(C)c(C(C)NCC(C)(C)C(N)=O)c1. The lowest BCUT2D eigenvalue weighted by Crippen LogP contribution is -2.41. The van der Waals surface area contributed by atoms with E-state index >= 15 is 0 Å². The van der Waals surface area contributed by atoms with Gasteiger partial charge in [-0.25, -0.2) is 0 Å². The lowest BCUT2D eigenvalue weighted by atomic mass is 9.91. The van der Waals surface area contributed by atoms with Gasteiger partial charge in [0.2, 0.25) is 5.91 Å². The van der Waals surface area contributed by atoms with Gasteiger partial charge in [0, 0.05) is 12.6 Å². The zero-order valence-electron chi connectivity index (χ0n) is 12.0. The number of hydrogen-bond acceptors (Lipinski definition) is 2. The van der Waals surface area contributed by atoms with Crippen LogP contribution in [0.1, 0.15) is 43.5 Å². The van der Waals surface area contributed by atoms with Crippen LogP contribution in [0.15, 0.2) is 18.2 Å². The summed E-state index contributed by atoms with van der Waals surface area (Å²) in [5.41, 5.74) is 8.63. The van der Waals surface area contributed by atoms with Gasteiger partial charge in [0.25, 0.3) is 0 Å². The van der Waals surface area contributed by atoms with Crippen LogP contribution in [0, 0.1) is 19.3 Å². The van der Waals surface area contributed by atoms with Crippen LogP contribution in [0.4, 0.5) is 0 Å². The highest BCUT2D eigenvalue weighted by molar-refractivity contribution is 5.80. The number of nitrogens with two attached hydrogens (primary N) is 1. The molecule has 1 unspecified atom stereocenters. The van der Waals surface area contributed by atoms with Crippen LogP contribution < -0.4 is 11.1 Å². The van der Waals surface area contributed by atoms with Crippen LogP contribution >= 0.6 is 0 Å². The first-order valence-electron chi connectivity index (χ1n) is 6.34. The van der Waals surface area contributed by atoms with Gasteiger partial charge < -0.3 is 11.1 Å². The van der Waals surface area contributed by atoms with Crippen LogP contribution in [-0.4, -0.2) is 12.5 Å². The molecule has 0 radical (unpaired) electrons. The Labute approximate surface area is 110 Å². The number of amides is 1. The molecule has 1 aromatic rings. The lowest BCUT2D eigenvalue weighted by molar-refractivity contribution is -0.125. The molecular formula is C15H24N2O. The zero-order valence-corrected chi connectivity index (χ0v) is 12.0. The van der Waals surface area contributed by atoms with E-state index in [-0.39, 0.29) is 11.9 Å². The maximum atomic E-state index is 11.3. The average molecular weight is 248 g/mol. The van der Waals surface area contributed by atoms with Crippen LogP contribution in [0.5, 0.6) is 0 Å². The summed E-state index contributed by atoms with van der Waals surface area (Å²) in [7, 11) is 0. The molecule has 3 nitrogen and oxygen atoms in total. The molecule has 100 valence electrons. The molecular weight excluding hydrogens is 224 g/mol. The number of carbonyl (C=O) groups excluding carboxylic acids is 1. The highest BCUT2D eigenvalue weighted by atomic mass is 16.1. The summed E-state index contributed by atoms with van der Waals surface area (Å²) in [5, 5.41) is 3.39. The fourth-order valence-electron chi connectivity index (χ4n) is 1.83. The molecule has 0 saturated heterocycles. The van der Waals surface area contributed by atoms with Gasteiger partial charge in [0.1, 0.15) is 0 Å². The number of nitrogens with one attached hydrogen (secondary N) is 1. The molecule has 0 bridgehead atoms. The van der Waals surface area contributed by atoms with E-state index in [1.54, 1.807) is 0 Å². The minimum absolute atomic E-state index is 0.212. The van der Waals surface area contributed by atoms with E-state index in [1.165, 1.54) is 16.7 Å². The van der Waals surface area contributed by atoms with Crippen LogP contribution in [0.25, 0.3) is 0 Å². The van der Waals surface area contributed by atoms with Crippen LogP contribution in [0.2, 0.25) is 0 Å². The number of primary amides is 1. The summed E-state index contributed by atoms with van der Waals surface area (Å²) in [6, 6.07) is 6.63. The molecule has 1 amide bonds. The molecule has 0 fully saturated rings. The van der Waals surface area contributed by atoms with Gasteiger partial charge in [-0.1, -0.05) is 23.8 Å². The third kappa shape index (κ3) is 3.57. The highest BCUT2D eigenvalue weighted by Crippen LogP contribution is 2.20. The fourth-order valence-corrected chi connectivity index (χ4v) is 1.83. The molecule has 3 N–H and O–H groups in total. The third-order valence-corrected chi connectivity index (χ3v) is 3.42. The van der Waals surface area contributed by atoms with Crippen molar-refractivity contribution in [2.24, 2.45) is 11.1 Å². The molecule has 3 heteroatoms. The second kappa shape index (κ2) is 5.53. The maximum absolute atomic E-state index is 11.3. The van der Waals surface area contributed by atoms with E-state index in [0.29, 0.717) is 6.54 Å². The normalized spacial score (nSPS) is 13.4. The van der Waals surface area contributed by atoms with Crippen molar-refractivity contribution in [3.63, 3.8) is 0 Å². The summed E-state index contributed by atoms with van der Waals surface area (Å²) < 4.78 is 0. The van der Waals surface area contributed by atoms with Crippen LogP contribution in [-0.2, 0) is 4.79 Å². The van der Waals surface area contributed by atoms with E-state index < -0.39 is 5.41 Å². The van der Waals surface area contributed by atoms with Crippen molar-refractivity contribution in [1.29, 1.82) is 0 Å². The van der Waals surface area contributed by atoms with Gasteiger partial charge in [0.15, 0.2) is 0 Å². The van der Waals surface area contributed by atoms with E-state index in [0.717, 1.165) is 0 Å². The summed E-state index contributed by atoms with van der Waals surface area (Å²) in [6.07, 6.45) is 0. The molecule has 0 aliphatic rings. The van der Waals surface area contributed by atoms with Crippen molar-refractivity contribution in [3.05, 3.63) is 34.9 Å². The highest BCUT2D eigenvalue weighted by Gasteiger charge is 2.25. The molecule has 1 aromatic carbocycles. The Morgan fingerprint density at radius 3 is 2.56 bits per heavy atom. The lowest BCUT2D eigenvalue weighted by Gasteiger charge is -2.25. The van der Waals surface area contributed by atoms with E-state index in [2.05, 4.69) is 44.3 Å². The molecule has 18 heavy (non-hydrogen) atoms. The second-order valence-corrected chi connectivity index (χ2v) is 5.71. The van der Waals surface area contributed by atoms with Gasteiger partial charge >= 0.3 is 0 Å². The smallest absolute Gasteiger partial charge is 0.224 e. The minimum atomic E-state index is -0.522. The van der Waals surface area contributed by atoms with Gasteiger partial charge in [-0.15, -0.1) is 0 Å². The van der Waals surface area contributed by atoms with Gasteiger partial charge in [0.05, 0.1) is 5.41 Å². The second-order valence-electron chi connectivity index (χ2n) is 5.71. The third-order valence-electron chi connectivity index (χ3n) is 3.42. The number of hydrogen-bond donors (Lipinski definition) is 2. The van der Waals surface area contributed by atoms with Gasteiger partial charge in [-0.05, 0) is 45.7 Å². The van der Waals surface area contributed by atoms with Crippen molar-refractivity contribution in [3.8, 4) is 0 Å². The molecule has 0 aliphatic carbocycles. The number of rotatable bonds is 5. The first kappa shape index (κ1) is 14.7. The molecule has 1 atom stereocenters. The van der Waals surface area contributed by atoms with Crippen LogP contribution in [0.3, 0.4) is 0 Å². The molecule has 0 aromatic heterocycles. The van der Waals surface area contributed by atoms with Crippen molar-refractivity contribution in [2.75, 3.05) is 6.54 Å². The monoisotopic (exact) mass is 248 g/mol. The first-order chi connectivity index (χ1) is 8.24. The molecule has 1 rings (SSSR count). The summed E-state index contributed by atoms with van der Waals surface area (Å²) in [5.74, 6) is -0.275. The molecule has 0 saturated carbocycles. The molecule has 0 spiro atoms. The summed E-state index contributed by atoms with van der Waals surface area (Å²) >= 11 is 0. The van der Waals surface area contributed by atoms with E-state index in [1.807, 2.05) is 13.8 Å². The Morgan fingerprint density at radius 2 is 2.00 bits per heavy atom. The molecule has 0 aliphatic heterocycles. The summed E-state index contributed by atoms with van der Waals surface area (Å²) in [6.45, 7) is 10.6. The van der Waals surface area contributed by atoms with Gasteiger partial charge in [-0.3, -0.25) is 4.79 Å². The Kier molecular flexibility index (Phi) is 4.52. The molecule has 0 heterocycles. The summed E-state index contributed by atoms with van der Waals surface area (Å²) in [4.78, 5) is 11.3. The average Bonchev–Trinajstić information content (AvgIpc) is 2.29. The Bertz CT molecular complexity index is 438. The Hall–Kier alpha value is -1.35. The maximum Gasteiger partial charge on any atom is 0.224 e. The topological polar surface area (TPSA) is 55.1 Å². The minimum Gasteiger partial charge on any atom is -0.369 e. The predicted molar refractivity (Wildman–Crippen MR) is 75.3 cm³/mol. The Morgan fingerprint density at radius 1 is 1.39 bits per heavy atom. The quantitative estimate of drug-likeness (QED) is 0.841.